The Morgan fingerprint density at radius 2 is 2.40 bits per heavy atom. The maximum Gasteiger partial charge on any atom is 0.105 e. The molecule has 15 heavy (non-hydrogen) atoms. The Morgan fingerprint density at radius 1 is 1.53 bits per heavy atom. The molecule has 2 nitrogen and oxygen atoms in total. The van der Waals surface area contributed by atoms with E-state index < -0.39 is 0 Å². The monoisotopic (exact) mass is 207 g/mol. The molecule has 0 bridgehead atoms. The summed E-state index contributed by atoms with van der Waals surface area (Å²) in [6.07, 6.45) is 6.64. The largest absolute Gasteiger partial charge is 0.469 e. The van der Waals surface area contributed by atoms with E-state index in [0.29, 0.717) is 5.54 Å². The summed E-state index contributed by atoms with van der Waals surface area (Å²) >= 11 is 0. The first-order valence-electron chi connectivity index (χ1n) is 5.98. The van der Waals surface area contributed by atoms with E-state index in [2.05, 4.69) is 25.2 Å². The highest BCUT2D eigenvalue weighted by atomic mass is 16.3. The van der Waals surface area contributed by atoms with Gasteiger partial charge in [-0.25, -0.2) is 0 Å². The van der Waals surface area contributed by atoms with Gasteiger partial charge in [0, 0.05) is 12.0 Å². The van der Waals surface area contributed by atoms with Crippen molar-refractivity contribution in [2.75, 3.05) is 6.54 Å². The summed E-state index contributed by atoms with van der Waals surface area (Å²) < 4.78 is 5.46. The molecule has 0 radical (unpaired) electrons. The minimum atomic E-state index is 0.298. The topological polar surface area (TPSA) is 25.2 Å². The van der Waals surface area contributed by atoms with Crippen LogP contribution in [0.2, 0.25) is 0 Å². The molecule has 1 aromatic rings. The molecular weight excluding hydrogens is 186 g/mol. The molecule has 1 N–H and O–H groups in total. The second-order valence-electron chi connectivity index (χ2n) is 5.16. The first kappa shape index (κ1) is 10.7. The van der Waals surface area contributed by atoms with Gasteiger partial charge in [-0.3, -0.25) is 0 Å². The second kappa shape index (κ2) is 4.40. The van der Waals surface area contributed by atoms with Crippen LogP contribution in [0.25, 0.3) is 0 Å². The van der Waals surface area contributed by atoms with Crippen molar-refractivity contribution >= 4 is 0 Å². The summed E-state index contributed by atoms with van der Waals surface area (Å²) in [7, 11) is 0. The second-order valence-corrected chi connectivity index (χ2v) is 5.16. The summed E-state index contributed by atoms with van der Waals surface area (Å²) in [6, 6.07) is 4.06. The first-order chi connectivity index (χ1) is 7.20. The van der Waals surface area contributed by atoms with Crippen LogP contribution in [0.4, 0.5) is 0 Å². The van der Waals surface area contributed by atoms with Crippen LogP contribution in [0, 0.1) is 5.92 Å². The van der Waals surface area contributed by atoms with E-state index in [1.165, 1.54) is 19.3 Å². The van der Waals surface area contributed by atoms with E-state index in [4.69, 9.17) is 4.42 Å². The molecule has 84 valence electrons. The van der Waals surface area contributed by atoms with Gasteiger partial charge in [-0.1, -0.05) is 13.8 Å². The number of rotatable bonds is 4. The van der Waals surface area contributed by atoms with Gasteiger partial charge in [0.15, 0.2) is 0 Å². The zero-order valence-corrected chi connectivity index (χ0v) is 9.75. The normalized spacial score (nSPS) is 26.3. The minimum absolute atomic E-state index is 0.298. The molecule has 0 spiro atoms. The average molecular weight is 207 g/mol. The molecule has 1 unspecified atom stereocenters. The molecule has 2 rings (SSSR count). The lowest BCUT2D eigenvalue weighted by atomic mass is 9.84. The molecule has 2 heterocycles. The Hall–Kier alpha value is -0.760. The van der Waals surface area contributed by atoms with Crippen molar-refractivity contribution in [1.29, 1.82) is 0 Å². The van der Waals surface area contributed by atoms with E-state index in [1.54, 1.807) is 6.26 Å². The maximum atomic E-state index is 5.46. The molecule has 0 aliphatic carbocycles. The quantitative estimate of drug-likeness (QED) is 0.821. The van der Waals surface area contributed by atoms with Crippen molar-refractivity contribution in [3.05, 3.63) is 24.2 Å². The van der Waals surface area contributed by atoms with Gasteiger partial charge in [0.1, 0.15) is 5.76 Å². The molecule has 1 saturated heterocycles. The highest BCUT2D eigenvalue weighted by Crippen LogP contribution is 2.30. The lowest BCUT2D eigenvalue weighted by Gasteiger charge is -2.30. The van der Waals surface area contributed by atoms with Crippen molar-refractivity contribution in [2.24, 2.45) is 5.92 Å². The van der Waals surface area contributed by atoms with Crippen LogP contribution < -0.4 is 5.32 Å². The van der Waals surface area contributed by atoms with Gasteiger partial charge in [-0.2, -0.15) is 0 Å². The molecule has 1 fully saturated rings. The molecule has 0 amide bonds. The van der Waals surface area contributed by atoms with E-state index in [0.717, 1.165) is 24.6 Å². The highest BCUT2D eigenvalue weighted by molar-refractivity contribution is 5.07. The maximum absolute atomic E-state index is 5.46. The van der Waals surface area contributed by atoms with E-state index in [1.807, 2.05) is 6.07 Å². The third kappa shape index (κ3) is 2.63. The number of furan rings is 1. The van der Waals surface area contributed by atoms with Crippen LogP contribution in [0.15, 0.2) is 22.8 Å². The summed E-state index contributed by atoms with van der Waals surface area (Å²) in [5.74, 6) is 1.86. The van der Waals surface area contributed by atoms with E-state index >= 15 is 0 Å². The van der Waals surface area contributed by atoms with Crippen molar-refractivity contribution in [1.82, 2.24) is 5.32 Å². The summed E-state index contributed by atoms with van der Waals surface area (Å²) in [6.45, 7) is 5.75. The molecular formula is C13H21NO. The van der Waals surface area contributed by atoms with Crippen LogP contribution in [0.3, 0.4) is 0 Å². The van der Waals surface area contributed by atoms with Gasteiger partial charge in [0.05, 0.1) is 6.26 Å². The van der Waals surface area contributed by atoms with Crippen LogP contribution in [-0.4, -0.2) is 12.1 Å². The van der Waals surface area contributed by atoms with Crippen molar-refractivity contribution in [3.63, 3.8) is 0 Å². The Kier molecular flexibility index (Phi) is 3.15. The summed E-state index contributed by atoms with van der Waals surface area (Å²) in [5, 5.41) is 3.68. The van der Waals surface area contributed by atoms with Crippen molar-refractivity contribution in [2.45, 2.75) is 45.1 Å². The highest BCUT2D eigenvalue weighted by Gasteiger charge is 2.34. The predicted molar refractivity (Wildman–Crippen MR) is 61.8 cm³/mol. The smallest absolute Gasteiger partial charge is 0.105 e. The van der Waals surface area contributed by atoms with Gasteiger partial charge >= 0.3 is 0 Å². The van der Waals surface area contributed by atoms with Gasteiger partial charge in [-0.15, -0.1) is 0 Å². The van der Waals surface area contributed by atoms with E-state index in [9.17, 15) is 0 Å². The zero-order chi connectivity index (χ0) is 10.7. The van der Waals surface area contributed by atoms with Crippen LogP contribution >= 0.6 is 0 Å². The fourth-order valence-corrected chi connectivity index (χ4v) is 2.79. The third-order valence-electron chi connectivity index (χ3n) is 3.22. The van der Waals surface area contributed by atoms with E-state index in [-0.39, 0.29) is 0 Å². The zero-order valence-electron chi connectivity index (χ0n) is 9.75. The fourth-order valence-electron chi connectivity index (χ4n) is 2.79. The molecule has 1 aliphatic rings. The predicted octanol–water partition coefficient (Wildman–Crippen LogP) is 2.99. The van der Waals surface area contributed by atoms with Crippen molar-refractivity contribution in [3.8, 4) is 0 Å². The Bertz CT molecular complexity index is 283. The van der Waals surface area contributed by atoms with Gasteiger partial charge in [0.2, 0.25) is 0 Å². The lowest BCUT2D eigenvalue weighted by molar-refractivity contribution is 0.283. The molecule has 1 aromatic heterocycles. The molecule has 1 aliphatic heterocycles. The standard InChI is InChI=1S/C13H21NO/c1-11(2)9-13(6-4-7-14-13)10-12-5-3-8-15-12/h3,5,8,11,14H,4,6-7,9-10H2,1-2H3. The van der Waals surface area contributed by atoms with Gasteiger partial charge in [-0.05, 0) is 43.9 Å². The van der Waals surface area contributed by atoms with Crippen LogP contribution in [0.5, 0.6) is 0 Å². The van der Waals surface area contributed by atoms with Gasteiger partial charge in [0.25, 0.3) is 0 Å². The summed E-state index contributed by atoms with van der Waals surface area (Å²) in [5.41, 5.74) is 0.298. The molecule has 0 saturated carbocycles. The Balaban J connectivity index is 2.05. The van der Waals surface area contributed by atoms with Crippen LogP contribution in [0.1, 0.15) is 38.9 Å². The first-order valence-corrected chi connectivity index (χ1v) is 5.98. The summed E-state index contributed by atoms with van der Waals surface area (Å²) in [4.78, 5) is 0. The molecule has 1 atom stereocenters. The number of hydrogen-bond acceptors (Lipinski definition) is 2. The fraction of sp³-hybridized carbons (Fsp3) is 0.692. The SMILES string of the molecule is CC(C)CC1(Cc2ccco2)CCCN1. The lowest BCUT2D eigenvalue weighted by Crippen LogP contribution is -2.43. The Labute approximate surface area is 92.1 Å². The van der Waals surface area contributed by atoms with Crippen molar-refractivity contribution < 1.29 is 4.42 Å². The van der Waals surface area contributed by atoms with Crippen LogP contribution in [-0.2, 0) is 6.42 Å². The third-order valence-corrected chi connectivity index (χ3v) is 3.22. The molecule has 0 aromatic carbocycles. The Morgan fingerprint density at radius 3 is 2.93 bits per heavy atom. The number of hydrogen-bond donors (Lipinski definition) is 1. The minimum Gasteiger partial charge on any atom is -0.469 e. The average Bonchev–Trinajstić information content (AvgIpc) is 2.76. The van der Waals surface area contributed by atoms with Gasteiger partial charge < -0.3 is 9.73 Å². The number of nitrogens with one attached hydrogen (secondary N) is 1. The molecule has 2 heteroatoms.